The number of hydrogen-bond donors (Lipinski definition) is 2. The lowest BCUT2D eigenvalue weighted by Crippen LogP contribution is -2.63. The van der Waals surface area contributed by atoms with Gasteiger partial charge in [-0.2, -0.15) is 0 Å². The van der Waals surface area contributed by atoms with Crippen molar-refractivity contribution in [1.82, 2.24) is 10.2 Å². The standard InChI is InChI=1S/C14H17N3O2S/c1-14(2)13(19)16-12(18)9-17(14)8-11-6-5-10(20-11)4-3-7-15/h5-6H,7-9,15H2,1-2H3,(H,16,18,19). The molecule has 1 fully saturated rings. The summed E-state index contributed by atoms with van der Waals surface area (Å²) in [5.74, 6) is 5.28. The maximum atomic E-state index is 11.9. The van der Waals surface area contributed by atoms with Gasteiger partial charge in [-0.1, -0.05) is 11.8 Å². The minimum absolute atomic E-state index is 0.223. The second kappa shape index (κ2) is 5.75. The lowest BCUT2D eigenvalue weighted by Gasteiger charge is -2.39. The van der Waals surface area contributed by atoms with Crippen LogP contribution in [0, 0.1) is 11.8 Å². The predicted molar refractivity (Wildman–Crippen MR) is 77.9 cm³/mol. The van der Waals surface area contributed by atoms with Crippen LogP contribution >= 0.6 is 11.3 Å². The topological polar surface area (TPSA) is 75.4 Å². The van der Waals surface area contributed by atoms with E-state index in [0.29, 0.717) is 13.1 Å². The van der Waals surface area contributed by atoms with Crippen molar-refractivity contribution in [3.8, 4) is 11.8 Å². The molecule has 0 spiro atoms. The number of amides is 2. The Bertz CT molecular complexity index is 595. The zero-order valence-corrected chi connectivity index (χ0v) is 12.3. The summed E-state index contributed by atoms with van der Waals surface area (Å²) in [6.45, 7) is 4.75. The second-order valence-corrected chi connectivity index (χ2v) is 6.23. The summed E-state index contributed by atoms with van der Waals surface area (Å²) in [6, 6.07) is 3.90. The van der Waals surface area contributed by atoms with Crippen LogP contribution in [0.4, 0.5) is 0 Å². The van der Waals surface area contributed by atoms with E-state index in [2.05, 4.69) is 17.2 Å². The van der Waals surface area contributed by atoms with Gasteiger partial charge < -0.3 is 5.73 Å². The van der Waals surface area contributed by atoms with Crippen molar-refractivity contribution in [1.29, 1.82) is 0 Å². The highest BCUT2D eigenvalue weighted by molar-refractivity contribution is 7.12. The molecule has 0 aromatic carbocycles. The fourth-order valence-electron chi connectivity index (χ4n) is 1.94. The molecule has 1 aromatic heterocycles. The van der Waals surface area contributed by atoms with Gasteiger partial charge in [0.1, 0.15) is 0 Å². The molecule has 2 rings (SSSR count). The number of nitrogens with two attached hydrogens (primary N) is 1. The molecule has 0 aliphatic carbocycles. The number of carbonyl (C=O) groups excluding carboxylic acids is 2. The monoisotopic (exact) mass is 291 g/mol. The Morgan fingerprint density at radius 2 is 2.20 bits per heavy atom. The Kier molecular flexibility index (Phi) is 4.23. The average Bonchev–Trinajstić information content (AvgIpc) is 2.81. The first-order valence-corrected chi connectivity index (χ1v) is 7.12. The third kappa shape index (κ3) is 3.07. The maximum absolute atomic E-state index is 11.9. The van der Waals surface area contributed by atoms with Crippen LogP contribution in [0.2, 0.25) is 0 Å². The van der Waals surface area contributed by atoms with Gasteiger partial charge >= 0.3 is 0 Å². The third-order valence-electron chi connectivity index (χ3n) is 3.26. The summed E-state index contributed by atoms with van der Waals surface area (Å²) in [5, 5.41) is 2.37. The molecule has 0 radical (unpaired) electrons. The van der Waals surface area contributed by atoms with Crippen LogP contribution in [-0.4, -0.2) is 35.3 Å². The van der Waals surface area contributed by atoms with Crippen molar-refractivity contribution in [2.24, 2.45) is 5.73 Å². The van der Waals surface area contributed by atoms with Gasteiger partial charge in [-0.25, -0.2) is 0 Å². The normalized spacial score (nSPS) is 18.4. The van der Waals surface area contributed by atoms with Crippen molar-refractivity contribution in [2.45, 2.75) is 25.9 Å². The van der Waals surface area contributed by atoms with Crippen LogP contribution in [0.15, 0.2) is 12.1 Å². The molecule has 5 nitrogen and oxygen atoms in total. The van der Waals surface area contributed by atoms with Crippen LogP contribution in [-0.2, 0) is 16.1 Å². The van der Waals surface area contributed by atoms with E-state index in [9.17, 15) is 9.59 Å². The van der Waals surface area contributed by atoms with Gasteiger partial charge in [0.25, 0.3) is 0 Å². The van der Waals surface area contributed by atoms with E-state index in [0.717, 1.165) is 9.75 Å². The van der Waals surface area contributed by atoms with E-state index in [4.69, 9.17) is 5.73 Å². The Labute approximate surface area is 122 Å². The molecule has 0 saturated carbocycles. The molecule has 6 heteroatoms. The van der Waals surface area contributed by atoms with Crippen molar-refractivity contribution in [3.63, 3.8) is 0 Å². The Morgan fingerprint density at radius 1 is 1.45 bits per heavy atom. The number of carbonyl (C=O) groups is 2. The summed E-state index contributed by atoms with van der Waals surface area (Å²) >= 11 is 1.56. The molecule has 1 saturated heterocycles. The summed E-state index contributed by atoms with van der Waals surface area (Å²) in [6.07, 6.45) is 0. The van der Waals surface area contributed by atoms with Crippen LogP contribution in [0.1, 0.15) is 23.6 Å². The number of thiophene rings is 1. The highest BCUT2D eigenvalue weighted by atomic mass is 32.1. The Balaban J connectivity index is 2.13. The van der Waals surface area contributed by atoms with Crippen LogP contribution in [0.5, 0.6) is 0 Å². The Morgan fingerprint density at radius 3 is 2.90 bits per heavy atom. The molecule has 0 atom stereocenters. The lowest BCUT2D eigenvalue weighted by molar-refractivity contribution is -0.145. The number of nitrogens with one attached hydrogen (secondary N) is 1. The average molecular weight is 291 g/mol. The number of rotatable bonds is 2. The number of nitrogens with zero attached hydrogens (tertiary/aromatic N) is 1. The van der Waals surface area contributed by atoms with Crippen molar-refractivity contribution in [2.75, 3.05) is 13.1 Å². The molecule has 0 unspecified atom stereocenters. The van der Waals surface area contributed by atoms with Gasteiger partial charge in [0.05, 0.1) is 23.5 Å². The first-order valence-electron chi connectivity index (χ1n) is 6.30. The summed E-state index contributed by atoms with van der Waals surface area (Å²) in [7, 11) is 0. The van der Waals surface area contributed by atoms with Gasteiger partial charge in [0.15, 0.2) is 0 Å². The quantitative estimate of drug-likeness (QED) is 0.607. The molecule has 2 amide bonds. The van der Waals surface area contributed by atoms with Crippen molar-refractivity contribution < 1.29 is 9.59 Å². The molecule has 106 valence electrons. The predicted octanol–water partition coefficient (Wildman–Crippen LogP) is 0.295. The number of piperazine rings is 1. The van der Waals surface area contributed by atoms with Gasteiger partial charge in [-0.3, -0.25) is 19.8 Å². The van der Waals surface area contributed by atoms with Gasteiger partial charge in [0, 0.05) is 11.4 Å². The summed E-state index contributed by atoms with van der Waals surface area (Å²) < 4.78 is 0. The first-order chi connectivity index (χ1) is 9.43. The summed E-state index contributed by atoms with van der Waals surface area (Å²) in [5.41, 5.74) is 4.65. The highest BCUT2D eigenvalue weighted by Gasteiger charge is 2.40. The SMILES string of the molecule is CC1(C)C(=O)NC(=O)CN1Cc1ccc(C#CCN)s1. The van der Waals surface area contributed by atoms with Gasteiger partial charge in [-0.15, -0.1) is 11.3 Å². The van der Waals surface area contributed by atoms with E-state index in [1.54, 1.807) is 11.3 Å². The molecule has 0 bridgehead atoms. The minimum Gasteiger partial charge on any atom is -0.320 e. The van der Waals surface area contributed by atoms with E-state index in [1.807, 2.05) is 30.9 Å². The van der Waals surface area contributed by atoms with E-state index >= 15 is 0 Å². The number of hydrogen-bond acceptors (Lipinski definition) is 5. The maximum Gasteiger partial charge on any atom is 0.246 e. The van der Waals surface area contributed by atoms with Crippen molar-refractivity contribution >= 4 is 23.2 Å². The Hall–Kier alpha value is -1.68. The fraction of sp³-hybridized carbons (Fsp3) is 0.429. The third-order valence-corrected chi connectivity index (χ3v) is 4.24. The second-order valence-electron chi connectivity index (χ2n) is 5.06. The van der Waals surface area contributed by atoms with Crippen LogP contribution < -0.4 is 11.1 Å². The van der Waals surface area contributed by atoms with Crippen LogP contribution in [0.3, 0.4) is 0 Å². The molecule has 3 N–H and O–H groups in total. The molecule has 20 heavy (non-hydrogen) atoms. The van der Waals surface area contributed by atoms with Gasteiger partial charge in [0.2, 0.25) is 11.8 Å². The highest BCUT2D eigenvalue weighted by Crippen LogP contribution is 2.24. The molecule has 1 aliphatic heterocycles. The van der Waals surface area contributed by atoms with E-state index in [-0.39, 0.29) is 18.4 Å². The minimum atomic E-state index is -0.693. The van der Waals surface area contributed by atoms with E-state index in [1.165, 1.54) is 0 Å². The first kappa shape index (κ1) is 14.7. The van der Waals surface area contributed by atoms with Gasteiger partial charge in [-0.05, 0) is 26.0 Å². The molecular weight excluding hydrogens is 274 g/mol. The molecule has 1 aliphatic rings. The van der Waals surface area contributed by atoms with E-state index < -0.39 is 5.54 Å². The zero-order valence-electron chi connectivity index (χ0n) is 11.5. The lowest BCUT2D eigenvalue weighted by atomic mass is 9.98. The van der Waals surface area contributed by atoms with Crippen molar-refractivity contribution in [3.05, 3.63) is 21.9 Å². The summed E-state index contributed by atoms with van der Waals surface area (Å²) in [4.78, 5) is 27.3. The zero-order chi connectivity index (χ0) is 14.8. The molecule has 1 aromatic rings. The number of imide groups is 1. The molecule has 2 heterocycles. The molecular formula is C14H17N3O2S. The fourth-order valence-corrected chi connectivity index (χ4v) is 2.84. The smallest absolute Gasteiger partial charge is 0.246 e. The largest absolute Gasteiger partial charge is 0.320 e. The van der Waals surface area contributed by atoms with Crippen LogP contribution in [0.25, 0.3) is 0 Å².